The first-order valence-electron chi connectivity index (χ1n) is 2.93. The predicted octanol–water partition coefficient (Wildman–Crippen LogP) is -1.43. The van der Waals surface area contributed by atoms with Crippen molar-refractivity contribution in [1.82, 2.24) is 4.31 Å². The maximum Gasteiger partial charge on any atom is 1.00 e. The van der Waals surface area contributed by atoms with Crippen LogP contribution in [0.2, 0.25) is 0 Å². The Morgan fingerprint density at radius 3 is 2.30 bits per heavy atom. The average molecular weight is 201 g/mol. The monoisotopic (exact) mass is 201 g/mol. The molecule has 1 rings (SSSR count). The summed E-state index contributed by atoms with van der Waals surface area (Å²) in [5.74, 6) is 0. The second-order valence-corrected chi connectivity index (χ2v) is 4.68. The Morgan fingerprint density at radius 2 is 1.90 bits per heavy atom. The first-order valence-corrected chi connectivity index (χ1v) is 4.52. The maximum absolute atomic E-state index is 4.77. The summed E-state index contributed by atoms with van der Waals surface area (Å²) in [6.45, 7) is 2.31. The van der Waals surface area contributed by atoms with Gasteiger partial charge in [0.2, 0.25) is 0 Å². The number of hydrogen-bond acceptors (Lipinski definition) is 4. The largest absolute Gasteiger partial charge is 1.00 e. The molecule has 1 aliphatic heterocycles. The van der Waals surface area contributed by atoms with E-state index in [1.54, 1.807) is 11.9 Å². The Hall–Kier alpha value is 1.62. The van der Waals surface area contributed by atoms with Crippen molar-refractivity contribution < 1.29 is 29.6 Å². The molecule has 5 heteroatoms. The Bertz CT molecular complexity index is 113. The normalized spacial score (nSPS) is 18.4. The molecule has 0 spiro atoms. The van der Waals surface area contributed by atoms with E-state index >= 15 is 0 Å². The van der Waals surface area contributed by atoms with E-state index in [9.17, 15) is 0 Å². The van der Waals surface area contributed by atoms with Crippen LogP contribution in [0.1, 0.15) is 12.8 Å². The molecular weight excluding hydrogens is 193 g/mol. The van der Waals surface area contributed by atoms with Crippen molar-refractivity contribution in [2.24, 2.45) is 0 Å². The number of rotatable bonds is 1. The Labute approximate surface area is 99.1 Å². The molecule has 0 unspecified atom stereocenters. The second-order valence-electron chi connectivity index (χ2n) is 1.98. The third-order valence-corrected chi connectivity index (χ3v) is 2.49. The fourth-order valence-corrected chi connectivity index (χ4v) is 2.17. The van der Waals surface area contributed by atoms with Crippen LogP contribution in [-0.2, 0) is 12.6 Å². The van der Waals surface area contributed by atoms with Crippen molar-refractivity contribution in [2.75, 3.05) is 13.1 Å². The smallest absolute Gasteiger partial charge is 0.421 e. The molecule has 10 heavy (non-hydrogen) atoms. The molecule has 0 aromatic rings. The summed E-state index contributed by atoms with van der Waals surface area (Å²) in [6.07, 6.45) is 2.59. The summed E-state index contributed by atoms with van der Waals surface area (Å²) in [5, 5.41) is 0. The van der Waals surface area contributed by atoms with Gasteiger partial charge in [-0.15, -0.1) is 0 Å². The fourth-order valence-electron chi connectivity index (χ4n) is 0.885. The predicted molar refractivity (Wildman–Crippen MR) is 48.4 cm³/mol. The zero-order chi connectivity index (χ0) is 6.69. The van der Waals surface area contributed by atoms with Crippen molar-refractivity contribution in [3.63, 3.8) is 0 Å². The molecule has 0 aromatic heterocycles. The minimum absolute atomic E-state index is 0. The molecule has 0 bridgehead atoms. The van der Waals surface area contributed by atoms with Crippen LogP contribution in [0.3, 0.4) is 0 Å². The molecule has 1 nitrogen and oxygen atoms in total. The number of nitrogens with zero attached hydrogens (tertiary/aromatic N) is 1. The summed E-state index contributed by atoms with van der Waals surface area (Å²) < 4.78 is 2.85. The fraction of sp³-hybridized carbons (Fsp3) is 0.800. The van der Waals surface area contributed by atoms with Crippen LogP contribution in [0.15, 0.2) is 0 Å². The van der Waals surface area contributed by atoms with Crippen LogP contribution in [0.5, 0.6) is 0 Å². The molecule has 1 aliphatic rings. The molecule has 1 heterocycles. The molecule has 0 N–H and O–H groups in total. The second kappa shape index (κ2) is 6.17. The van der Waals surface area contributed by atoms with Gasteiger partial charge < -0.3 is 24.8 Å². The standard InChI is InChI=1S/C5H9NS3.Na/c7-5(8)9-6-3-1-2-4-6;/h1-4H2,(H,7,8);/q;+1/p-1. The van der Waals surface area contributed by atoms with Gasteiger partial charge in [-0.1, -0.05) is 15.5 Å². The Balaban J connectivity index is 0.000000810. The van der Waals surface area contributed by atoms with Crippen molar-refractivity contribution in [2.45, 2.75) is 12.8 Å². The molecule has 0 radical (unpaired) electrons. The van der Waals surface area contributed by atoms with Gasteiger partial charge in [-0.25, -0.2) is 4.31 Å². The van der Waals surface area contributed by atoms with Crippen molar-refractivity contribution in [3.8, 4) is 0 Å². The quantitative estimate of drug-likeness (QED) is 0.221. The van der Waals surface area contributed by atoms with Gasteiger partial charge in [0.05, 0.1) is 0 Å². The SMILES string of the molecule is S=C([S-])SN1CCCC1.[Na+]. The van der Waals surface area contributed by atoms with Crippen LogP contribution >= 0.6 is 24.2 Å². The van der Waals surface area contributed by atoms with Gasteiger partial charge >= 0.3 is 29.6 Å². The Kier molecular flexibility index (Phi) is 7.17. The van der Waals surface area contributed by atoms with Gasteiger partial charge in [-0.2, -0.15) is 0 Å². The van der Waals surface area contributed by atoms with Crippen molar-refractivity contribution in [1.29, 1.82) is 0 Å². The van der Waals surface area contributed by atoms with Crippen LogP contribution < -0.4 is 29.6 Å². The molecule has 1 saturated heterocycles. The van der Waals surface area contributed by atoms with Crippen molar-refractivity contribution >= 4 is 40.3 Å². The van der Waals surface area contributed by atoms with E-state index in [4.69, 9.17) is 24.8 Å². The Morgan fingerprint density at radius 1 is 1.40 bits per heavy atom. The summed E-state index contributed by atoms with van der Waals surface area (Å²) in [4.78, 5) is 0. The summed E-state index contributed by atoms with van der Waals surface area (Å²) in [6, 6.07) is 0. The van der Waals surface area contributed by atoms with E-state index in [0.717, 1.165) is 13.1 Å². The molecular formula is C5H8NNaS3. The number of hydrogen-bond donors (Lipinski definition) is 0. The molecule has 0 aliphatic carbocycles. The third-order valence-electron chi connectivity index (χ3n) is 1.27. The maximum atomic E-state index is 4.77. The topological polar surface area (TPSA) is 3.24 Å². The summed E-state index contributed by atoms with van der Waals surface area (Å²) in [5.41, 5.74) is 0. The van der Waals surface area contributed by atoms with E-state index in [2.05, 4.69) is 4.31 Å². The van der Waals surface area contributed by atoms with E-state index in [1.807, 2.05) is 0 Å². The van der Waals surface area contributed by atoms with Gasteiger partial charge in [0.1, 0.15) is 0 Å². The van der Waals surface area contributed by atoms with Gasteiger partial charge in [-0.05, 0) is 12.8 Å². The van der Waals surface area contributed by atoms with E-state index in [-0.39, 0.29) is 29.6 Å². The van der Waals surface area contributed by atoms with Crippen LogP contribution in [0, 0.1) is 0 Å². The van der Waals surface area contributed by atoms with Gasteiger partial charge in [0, 0.05) is 13.1 Å². The van der Waals surface area contributed by atoms with Crippen molar-refractivity contribution in [3.05, 3.63) is 0 Å². The molecule has 0 aromatic carbocycles. The van der Waals surface area contributed by atoms with Crippen LogP contribution in [0.4, 0.5) is 0 Å². The van der Waals surface area contributed by atoms with Crippen LogP contribution in [0.25, 0.3) is 0 Å². The minimum Gasteiger partial charge on any atom is -0.421 e. The first kappa shape index (κ1) is 11.6. The van der Waals surface area contributed by atoms with Crippen LogP contribution in [-0.4, -0.2) is 20.9 Å². The summed E-state index contributed by atoms with van der Waals surface area (Å²) >= 11 is 11.1. The minimum atomic E-state index is 0. The molecule has 0 amide bonds. The molecule has 0 saturated carbocycles. The van der Waals surface area contributed by atoms with E-state index in [1.165, 1.54) is 12.8 Å². The average Bonchev–Trinajstić information content (AvgIpc) is 2.15. The molecule has 52 valence electrons. The molecule has 0 atom stereocenters. The van der Waals surface area contributed by atoms with E-state index in [0.29, 0.717) is 3.53 Å². The third kappa shape index (κ3) is 4.49. The number of thiocarbonyl (C=S) groups is 1. The van der Waals surface area contributed by atoms with Gasteiger partial charge in [0.25, 0.3) is 0 Å². The zero-order valence-electron chi connectivity index (χ0n) is 6.00. The summed E-state index contributed by atoms with van der Waals surface area (Å²) in [7, 11) is 0. The molecule has 1 fully saturated rings. The van der Waals surface area contributed by atoms with Gasteiger partial charge in [-0.3, -0.25) is 0 Å². The van der Waals surface area contributed by atoms with E-state index < -0.39 is 0 Å². The van der Waals surface area contributed by atoms with Gasteiger partial charge in [0.15, 0.2) is 0 Å². The first-order chi connectivity index (χ1) is 4.29. The zero-order valence-corrected chi connectivity index (χ0v) is 10.4.